The van der Waals surface area contributed by atoms with Crippen LogP contribution in [0.2, 0.25) is 0 Å². The number of sulfonamides is 1. The number of nitrogens with two attached hydrogens (primary N) is 1. The highest BCUT2D eigenvalue weighted by Gasteiger charge is 2.19. The predicted octanol–water partition coefficient (Wildman–Crippen LogP) is 1.11. The molecule has 0 saturated carbocycles. The van der Waals surface area contributed by atoms with Gasteiger partial charge in [0.25, 0.3) is 15.9 Å². The van der Waals surface area contributed by atoms with Crippen molar-refractivity contribution in [2.75, 3.05) is 0 Å². The van der Waals surface area contributed by atoms with Crippen molar-refractivity contribution in [2.45, 2.75) is 18.0 Å². The van der Waals surface area contributed by atoms with Crippen LogP contribution in [-0.2, 0) is 17.1 Å². The Hall–Kier alpha value is -2.78. The number of carbonyl (C=O) groups excluding carboxylic acids is 1. The van der Waals surface area contributed by atoms with E-state index in [-0.39, 0.29) is 16.6 Å². The number of nitrogens with zero attached hydrogens (tertiary/aromatic N) is 3. The van der Waals surface area contributed by atoms with E-state index in [0.29, 0.717) is 5.82 Å². The average Bonchev–Trinajstić information content (AvgIpc) is 2.91. The number of primary sulfonamides is 1. The number of imidazole rings is 1. The lowest BCUT2D eigenvalue weighted by molar-refractivity contribution is 0.0937. The Morgan fingerprint density at radius 1 is 1.28 bits per heavy atom. The first-order valence-corrected chi connectivity index (χ1v) is 9.03. The van der Waals surface area contributed by atoms with Gasteiger partial charge >= 0.3 is 0 Å². The number of rotatable bonds is 4. The monoisotopic (exact) mass is 359 g/mol. The fraction of sp³-hybridized carbons (Fsp3) is 0.188. The zero-order valence-electron chi connectivity index (χ0n) is 13.7. The number of para-hydroxylation sites is 2. The van der Waals surface area contributed by atoms with E-state index in [1.807, 2.05) is 35.9 Å². The van der Waals surface area contributed by atoms with Gasteiger partial charge in [-0.1, -0.05) is 12.1 Å². The Morgan fingerprint density at radius 2 is 2.00 bits per heavy atom. The molecule has 3 rings (SSSR count). The number of hydrogen-bond acceptors (Lipinski definition) is 5. The number of amides is 1. The van der Waals surface area contributed by atoms with Crippen LogP contribution in [0.25, 0.3) is 11.0 Å². The highest BCUT2D eigenvalue weighted by Crippen LogP contribution is 2.19. The standard InChI is InChI=1S/C16H17N5O3S/c1-10(15-20-12-5-3-4-6-13(12)21(15)2)19-16(22)11-7-8-18-14(9-11)25(17,23)24/h3-10H,1-2H3,(H,19,22)(H2,17,23,24). The maximum atomic E-state index is 12.4. The molecule has 3 aromatic rings. The highest BCUT2D eigenvalue weighted by atomic mass is 32.2. The molecule has 2 aromatic heterocycles. The molecule has 0 spiro atoms. The molecule has 3 N–H and O–H groups in total. The molecule has 1 atom stereocenters. The van der Waals surface area contributed by atoms with Crippen LogP contribution >= 0.6 is 0 Å². The zero-order valence-corrected chi connectivity index (χ0v) is 14.5. The Labute approximate surface area is 144 Å². The Balaban J connectivity index is 1.86. The van der Waals surface area contributed by atoms with Gasteiger partial charge in [0.2, 0.25) is 0 Å². The molecule has 1 aromatic carbocycles. The summed E-state index contributed by atoms with van der Waals surface area (Å²) in [5.41, 5.74) is 1.95. The summed E-state index contributed by atoms with van der Waals surface area (Å²) in [6, 6.07) is 9.85. The second-order valence-electron chi connectivity index (χ2n) is 5.64. The summed E-state index contributed by atoms with van der Waals surface area (Å²) >= 11 is 0. The van der Waals surface area contributed by atoms with Crippen molar-refractivity contribution in [1.82, 2.24) is 19.9 Å². The number of fused-ring (bicyclic) bond motifs is 1. The summed E-state index contributed by atoms with van der Waals surface area (Å²) in [7, 11) is -2.10. The van der Waals surface area contributed by atoms with E-state index in [4.69, 9.17) is 5.14 Å². The van der Waals surface area contributed by atoms with Crippen molar-refractivity contribution in [1.29, 1.82) is 0 Å². The summed E-state index contributed by atoms with van der Waals surface area (Å²) in [6.07, 6.45) is 1.23. The van der Waals surface area contributed by atoms with Crippen LogP contribution < -0.4 is 10.5 Å². The second-order valence-corrected chi connectivity index (χ2v) is 7.15. The van der Waals surface area contributed by atoms with Crippen LogP contribution in [0.5, 0.6) is 0 Å². The molecule has 2 heterocycles. The fourth-order valence-corrected chi connectivity index (χ4v) is 3.10. The maximum absolute atomic E-state index is 12.4. The molecule has 1 amide bonds. The molecule has 8 nitrogen and oxygen atoms in total. The molecule has 0 aliphatic rings. The van der Waals surface area contributed by atoms with E-state index in [1.165, 1.54) is 12.3 Å². The average molecular weight is 359 g/mol. The van der Waals surface area contributed by atoms with Crippen molar-refractivity contribution < 1.29 is 13.2 Å². The first kappa shape index (κ1) is 17.1. The molecule has 0 aliphatic heterocycles. The van der Waals surface area contributed by atoms with Gasteiger partial charge in [-0.2, -0.15) is 0 Å². The van der Waals surface area contributed by atoms with Gasteiger partial charge in [0.1, 0.15) is 5.82 Å². The van der Waals surface area contributed by atoms with Gasteiger partial charge in [0, 0.05) is 18.8 Å². The molecule has 0 aliphatic carbocycles. The van der Waals surface area contributed by atoms with Gasteiger partial charge in [-0.25, -0.2) is 23.5 Å². The minimum absolute atomic E-state index is 0.157. The van der Waals surface area contributed by atoms with Crippen molar-refractivity contribution in [3.8, 4) is 0 Å². The van der Waals surface area contributed by atoms with Crippen molar-refractivity contribution >= 4 is 27.0 Å². The topological polar surface area (TPSA) is 120 Å². The van der Waals surface area contributed by atoms with Crippen LogP contribution in [0, 0.1) is 0 Å². The van der Waals surface area contributed by atoms with E-state index in [9.17, 15) is 13.2 Å². The van der Waals surface area contributed by atoms with E-state index in [1.54, 1.807) is 6.92 Å². The summed E-state index contributed by atoms with van der Waals surface area (Å²) in [5, 5.41) is 7.50. The molecule has 1 unspecified atom stereocenters. The second kappa shape index (κ2) is 6.26. The Bertz CT molecular complexity index is 1060. The van der Waals surface area contributed by atoms with Gasteiger partial charge in [0.05, 0.1) is 17.1 Å². The third-order valence-corrected chi connectivity index (χ3v) is 4.65. The van der Waals surface area contributed by atoms with Crippen LogP contribution in [0.4, 0.5) is 0 Å². The fourth-order valence-electron chi connectivity index (χ4n) is 2.60. The van der Waals surface area contributed by atoms with Crippen molar-refractivity contribution in [2.24, 2.45) is 12.2 Å². The predicted molar refractivity (Wildman–Crippen MR) is 92.2 cm³/mol. The third-order valence-electron chi connectivity index (χ3n) is 3.85. The van der Waals surface area contributed by atoms with Crippen molar-refractivity contribution in [3.05, 3.63) is 54.0 Å². The summed E-state index contributed by atoms with van der Waals surface area (Å²) in [6.45, 7) is 1.81. The Morgan fingerprint density at radius 3 is 2.68 bits per heavy atom. The number of nitrogens with one attached hydrogen (secondary N) is 1. The van der Waals surface area contributed by atoms with Crippen LogP contribution in [0.1, 0.15) is 29.1 Å². The van der Waals surface area contributed by atoms with Gasteiger partial charge in [0.15, 0.2) is 5.03 Å². The zero-order chi connectivity index (χ0) is 18.2. The normalized spacial score (nSPS) is 12.9. The molecular formula is C16H17N5O3S. The molecule has 0 bridgehead atoms. The number of aromatic nitrogens is 3. The van der Waals surface area contributed by atoms with Crippen LogP contribution in [0.3, 0.4) is 0 Å². The molecule has 0 fully saturated rings. The molecule has 0 radical (unpaired) electrons. The van der Waals surface area contributed by atoms with E-state index in [2.05, 4.69) is 15.3 Å². The smallest absolute Gasteiger partial charge is 0.255 e. The number of aryl methyl sites for hydroxylation is 1. The van der Waals surface area contributed by atoms with Gasteiger partial charge < -0.3 is 9.88 Å². The van der Waals surface area contributed by atoms with Gasteiger partial charge in [-0.15, -0.1) is 0 Å². The number of carbonyl (C=O) groups is 1. The van der Waals surface area contributed by atoms with E-state index in [0.717, 1.165) is 17.1 Å². The quantitative estimate of drug-likeness (QED) is 0.723. The SMILES string of the molecule is CC(NC(=O)c1ccnc(S(N)(=O)=O)c1)c1nc2ccccc2n1C. The van der Waals surface area contributed by atoms with Gasteiger partial charge in [-0.3, -0.25) is 4.79 Å². The largest absolute Gasteiger partial charge is 0.342 e. The molecular weight excluding hydrogens is 342 g/mol. The lowest BCUT2D eigenvalue weighted by Gasteiger charge is -2.14. The minimum atomic E-state index is -3.97. The third kappa shape index (κ3) is 3.37. The summed E-state index contributed by atoms with van der Waals surface area (Å²) in [5.74, 6) is 0.252. The van der Waals surface area contributed by atoms with Gasteiger partial charge in [-0.05, 0) is 31.2 Å². The lowest BCUT2D eigenvalue weighted by Crippen LogP contribution is -2.28. The number of benzene rings is 1. The first-order valence-electron chi connectivity index (χ1n) is 7.48. The molecule has 25 heavy (non-hydrogen) atoms. The van der Waals surface area contributed by atoms with Crippen LogP contribution in [-0.4, -0.2) is 28.9 Å². The van der Waals surface area contributed by atoms with E-state index >= 15 is 0 Å². The number of pyridine rings is 1. The summed E-state index contributed by atoms with van der Waals surface area (Å²) < 4.78 is 24.6. The maximum Gasteiger partial charge on any atom is 0.255 e. The van der Waals surface area contributed by atoms with Crippen LogP contribution in [0.15, 0.2) is 47.6 Å². The van der Waals surface area contributed by atoms with E-state index < -0.39 is 15.9 Å². The molecule has 9 heteroatoms. The first-order chi connectivity index (χ1) is 11.8. The Kier molecular flexibility index (Phi) is 4.27. The minimum Gasteiger partial charge on any atom is -0.342 e. The van der Waals surface area contributed by atoms with Crippen molar-refractivity contribution in [3.63, 3.8) is 0 Å². The summed E-state index contributed by atoms with van der Waals surface area (Å²) in [4.78, 5) is 20.6. The molecule has 130 valence electrons. The highest BCUT2D eigenvalue weighted by molar-refractivity contribution is 7.89. The lowest BCUT2D eigenvalue weighted by atomic mass is 10.2. The molecule has 0 saturated heterocycles. The number of hydrogen-bond donors (Lipinski definition) is 2.